The average molecular weight is 271 g/mol. The molecule has 0 aliphatic rings. The maximum atomic E-state index is 13.6. The summed E-state index contributed by atoms with van der Waals surface area (Å²) < 4.78 is 13.6. The summed E-state index contributed by atoms with van der Waals surface area (Å²) in [6.45, 7) is 8.00. The van der Waals surface area contributed by atoms with Crippen molar-refractivity contribution in [2.75, 3.05) is 0 Å². The highest BCUT2D eigenvalue weighted by atomic mass is 35.5. The van der Waals surface area contributed by atoms with Crippen LogP contribution in [0.15, 0.2) is 12.1 Å². The van der Waals surface area contributed by atoms with Crippen LogP contribution in [0.25, 0.3) is 0 Å². The minimum atomic E-state index is -0.106. The molecule has 2 heteroatoms. The maximum absolute atomic E-state index is 13.6. The van der Waals surface area contributed by atoms with E-state index in [-0.39, 0.29) is 11.2 Å². The smallest absolute Gasteiger partial charge is 0.129 e. The molecule has 0 spiro atoms. The van der Waals surface area contributed by atoms with E-state index in [1.54, 1.807) is 0 Å². The van der Waals surface area contributed by atoms with Gasteiger partial charge < -0.3 is 0 Å². The first-order chi connectivity index (χ1) is 8.51. The molecule has 0 N–H and O–H groups in total. The van der Waals surface area contributed by atoms with E-state index in [1.165, 1.54) is 0 Å². The van der Waals surface area contributed by atoms with E-state index >= 15 is 0 Å². The summed E-state index contributed by atoms with van der Waals surface area (Å²) in [5.41, 5.74) is 2.46. The second-order valence-electron chi connectivity index (χ2n) is 5.21. The summed E-state index contributed by atoms with van der Waals surface area (Å²) in [5, 5.41) is 0.00269. The largest absolute Gasteiger partial charge is 0.206 e. The number of halogens is 2. The molecule has 1 aromatic rings. The summed E-state index contributed by atoms with van der Waals surface area (Å²) >= 11 is 6.60. The van der Waals surface area contributed by atoms with Gasteiger partial charge in [-0.3, -0.25) is 0 Å². The zero-order valence-electron chi connectivity index (χ0n) is 11.9. The van der Waals surface area contributed by atoms with Gasteiger partial charge in [0.15, 0.2) is 0 Å². The van der Waals surface area contributed by atoms with Crippen molar-refractivity contribution in [1.29, 1.82) is 0 Å². The molecule has 0 aromatic heterocycles. The Morgan fingerprint density at radius 2 is 1.50 bits per heavy atom. The second kappa shape index (κ2) is 7.13. The van der Waals surface area contributed by atoms with Gasteiger partial charge in [-0.1, -0.05) is 38.8 Å². The number of aryl methyl sites for hydroxylation is 2. The van der Waals surface area contributed by atoms with Gasteiger partial charge >= 0.3 is 0 Å². The van der Waals surface area contributed by atoms with Crippen LogP contribution in [0.3, 0.4) is 0 Å². The van der Waals surface area contributed by atoms with Gasteiger partial charge in [-0.25, -0.2) is 4.39 Å². The number of hydrogen-bond donors (Lipinski definition) is 0. The minimum absolute atomic E-state index is 0.00269. The summed E-state index contributed by atoms with van der Waals surface area (Å²) in [6.07, 6.45) is 4.56. The molecule has 0 nitrogen and oxygen atoms in total. The molecular formula is C16H24ClF. The van der Waals surface area contributed by atoms with Crippen molar-refractivity contribution in [3.05, 3.63) is 34.6 Å². The van der Waals surface area contributed by atoms with Crippen LogP contribution < -0.4 is 0 Å². The summed E-state index contributed by atoms with van der Waals surface area (Å²) in [4.78, 5) is 0. The zero-order valence-corrected chi connectivity index (χ0v) is 12.6. The fourth-order valence-electron chi connectivity index (χ4n) is 2.59. The van der Waals surface area contributed by atoms with Gasteiger partial charge in [0.2, 0.25) is 0 Å². The van der Waals surface area contributed by atoms with Gasteiger partial charge in [0, 0.05) is 0 Å². The minimum Gasteiger partial charge on any atom is -0.206 e. The molecule has 102 valence electrons. The molecule has 0 bridgehead atoms. The van der Waals surface area contributed by atoms with E-state index in [2.05, 4.69) is 13.8 Å². The monoisotopic (exact) mass is 270 g/mol. The summed E-state index contributed by atoms with van der Waals surface area (Å²) in [5.74, 6) is 0.385. The fourth-order valence-corrected chi connectivity index (χ4v) is 2.97. The van der Waals surface area contributed by atoms with Crippen LogP contribution in [0.2, 0.25) is 0 Å². The number of alkyl halides is 1. The van der Waals surface area contributed by atoms with Crippen LogP contribution in [0, 0.1) is 25.6 Å². The van der Waals surface area contributed by atoms with Gasteiger partial charge in [0.25, 0.3) is 0 Å². The van der Waals surface area contributed by atoms with Crippen LogP contribution in [-0.2, 0) is 0 Å². The molecule has 1 aromatic carbocycles. The molecule has 0 heterocycles. The Bertz CT molecular complexity index is 358. The third kappa shape index (κ3) is 3.71. The van der Waals surface area contributed by atoms with Gasteiger partial charge in [-0.15, -0.1) is 11.6 Å². The molecule has 1 rings (SSSR count). The Balaban J connectivity index is 2.97. The van der Waals surface area contributed by atoms with Crippen molar-refractivity contribution in [3.8, 4) is 0 Å². The van der Waals surface area contributed by atoms with E-state index in [1.807, 2.05) is 26.0 Å². The molecule has 1 atom stereocenters. The van der Waals surface area contributed by atoms with Crippen molar-refractivity contribution in [2.24, 2.45) is 5.92 Å². The summed E-state index contributed by atoms with van der Waals surface area (Å²) in [7, 11) is 0. The molecule has 0 fully saturated rings. The molecule has 0 saturated carbocycles. The van der Waals surface area contributed by atoms with Gasteiger partial charge in [0.1, 0.15) is 5.82 Å². The first kappa shape index (κ1) is 15.5. The Morgan fingerprint density at radius 3 is 1.89 bits per heavy atom. The average Bonchev–Trinajstić information content (AvgIpc) is 2.34. The molecule has 0 saturated heterocycles. The maximum Gasteiger partial charge on any atom is 0.129 e. The molecule has 0 aliphatic carbocycles. The zero-order chi connectivity index (χ0) is 13.7. The van der Waals surface area contributed by atoms with E-state index in [9.17, 15) is 4.39 Å². The molecular weight excluding hydrogens is 247 g/mol. The Kier molecular flexibility index (Phi) is 6.14. The highest BCUT2D eigenvalue weighted by Gasteiger charge is 2.20. The van der Waals surface area contributed by atoms with E-state index in [4.69, 9.17) is 11.6 Å². The van der Waals surface area contributed by atoms with Gasteiger partial charge in [-0.2, -0.15) is 0 Å². The molecule has 0 aliphatic heterocycles. The lowest BCUT2D eigenvalue weighted by Crippen LogP contribution is -2.09. The predicted octanol–water partition coefficient (Wildman–Crippen LogP) is 5.94. The van der Waals surface area contributed by atoms with E-state index in [0.29, 0.717) is 17.0 Å². The van der Waals surface area contributed by atoms with E-state index < -0.39 is 0 Å². The third-order valence-electron chi connectivity index (χ3n) is 3.51. The lowest BCUT2D eigenvalue weighted by Gasteiger charge is -2.22. The predicted molar refractivity (Wildman–Crippen MR) is 77.8 cm³/mol. The molecule has 1 unspecified atom stereocenters. The van der Waals surface area contributed by atoms with Crippen LogP contribution in [-0.4, -0.2) is 0 Å². The number of hydrogen-bond acceptors (Lipinski definition) is 0. The first-order valence-electron chi connectivity index (χ1n) is 6.91. The van der Waals surface area contributed by atoms with Crippen molar-refractivity contribution >= 4 is 11.6 Å². The Labute approximate surface area is 116 Å². The van der Waals surface area contributed by atoms with Gasteiger partial charge in [-0.05, 0) is 49.3 Å². The molecule has 0 radical (unpaired) electrons. The van der Waals surface area contributed by atoms with Gasteiger partial charge in [0.05, 0.1) is 5.38 Å². The Morgan fingerprint density at radius 1 is 1.06 bits per heavy atom. The quantitative estimate of drug-likeness (QED) is 0.561. The lowest BCUT2D eigenvalue weighted by atomic mass is 9.89. The number of rotatable bonds is 6. The standard InChI is InChI=1S/C16H24ClF/c1-5-7-13(8-6-2)15(17)14-9-11(3)16(18)12(4)10-14/h9-10,13,15H,5-8H2,1-4H3. The Hall–Kier alpha value is -0.560. The highest BCUT2D eigenvalue weighted by Crippen LogP contribution is 2.36. The van der Waals surface area contributed by atoms with Crippen molar-refractivity contribution < 1.29 is 4.39 Å². The van der Waals surface area contributed by atoms with Crippen LogP contribution in [0.4, 0.5) is 4.39 Å². The van der Waals surface area contributed by atoms with Crippen LogP contribution in [0.5, 0.6) is 0 Å². The number of benzene rings is 1. The van der Waals surface area contributed by atoms with Crippen molar-refractivity contribution in [1.82, 2.24) is 0 Å². The second-order valence-corrected chi connectivity index (χ2v) is 5.68. The topological polar surface area (TPSA) is 0 Å². The highest BCUT2D eigenvalue weighted by molar-refractivity contribution is 6.21. The van der Waals surface area contributed by atoms with Crippen molar-refractivity contribution in [3.63, 3.8) is 0 Å². The first-order valence-corrected chi connectivity index (χ1v) is 7.35. The molecule has 0 amide bonds. The van der Waals surface area contributed by atoms with Crippen molar-refractivity contribution in [2.45, 2.75) is 58.8 Å². The SMILES string of the molecule is CCCC(CCC)C(Cl)c1cc(C)c(F)c(C)c1. The van der Waals surface area contributed by atoms with Crippen LogP contribution >= 0.6 is 11.6 Å². The molecule has 18 heavy (non-hydrogen) atoms. The summed E-state index contributed by atoms with van der Waals surface area (Å²) in [6, 6.07) is 3.80. The normalized spacial score (nSPS) is 13.1. The van der Waals surface area contributed by atoms with E-state index in [0.717, 1.165) is 31.2 Å². The fraction of sp³-hybridized carbons (Fsp3) is 0.625. The third-order valence-corrected chi connectivity index (χ3v) is 4.12. The van der Waals surface area contributed by atoms with Crippen LogP contribution in [0.1, 0.15) is 61.6 Å². The lowest BCUT2D eigenvalue weighted by molar-refractivity contribution is 0.425.